The molecule has 0 bridgehead atoms. The molecule has 0 amide bonds. The molecule has 1 unspecified atom stereocenters. The molecule has 1 atom stereocenters. The van der Waals surface area contributed by atoms with Crippen LogP contribution in [0.2, 0.25) is 0 Å². The molecule has 7 heteroatoms. The van der Waals surface area contributed by atoms with E-state index in [2.05, 4.69) is 44.4 Å². The minimum Gasteiger partial charge on any atom is -0.381 e. The summed E-state index contributed by atoms with van der Waals surface area (Å²) in [6, 6.07) is 10.5. The third kappa shape index (κ3) is 4.20. The summed E-state index contributed by atoms with van der Waals surface area (Å²) in [5.74, 6) is 1.95. The number of halogens is 1. The highest BCUT2D eigenvalue weighted by Crippen LogP contribution is 2.38. The minimum absolute atomic E-state index is 0. The Balaban J connectivity index is 0.00000225. The number of nitrogens with zero attached hydrogens (tertiary/aromatic N) is 4. The second-order valence-corrected chi connectivity index (χ2v) is 7.93. The molecule has 152 valence electrons. The molecule has 4 rings (SSSR count). The lowest BCUT2D eigenvalue weighted by molar-refractivity contribution is 0.156. The van der Waals surface area contributed by atoms with Gasteiger partial charge in [-0.1, -0.05) is 18.2 Å². The van der Waals surface area contributed by atoms with Crippen molar-refractivity contribution in [3.63, 3.8) is 0 Å². The maximum Gasteiger partial charge on any atom is 0.193 e. The maximum absolute atomic E-state index is 5.66. The van der Waals surface area contributed by atoms with Crippen LogP contribution in [0.25, 0.3) is 10.9 Å². The minimum atomic E-state index is 0. The number of rotatable bonds is 3. The number of aromatic nitrogens is 1. The monoisotopic (exact) mass is 495 g/mol. The van der Waals surface area contributed by atoms with Crippen molar-refractivity contribution in [2.45, 2.75) is 19.4 Å². The summed E-state index contributed by atoms with van der Waals surface area (Å²) >= 11 is 0. The number of para-hydroxylation sites is 1. The molecular formula is C21H30IN5O. The van der Waals surface area contributed by atoms with Gasteiger partial charge in [0.05, 0.1) is 12.1 Å². The van der Waals surface area contributed by atoms with Gasteiger partial charge in [-0.05, 0) is 30.5 Å². The van der Waals surface area contributed by atoms with Gasteiger partial charge in [-0.3, -0.25) is 4.99 Å². The van der Waals surface area contributed by atoms with Crippen LogP contribution in [0, 0.1) is 5.41 Å². The van der Waals surface area contributed by atoms with E-state index in [1.165, 1.54) is 23.8 Å². The average Bonchev–Trinajstić information content (AvgIpc) is 3.32. The van der Waals surface area contributed by atoms with Crippen molar-refractivity contribution in [2.75, 3.05) is 52.3 Å². The van der Waals surface area contributed by atoms with E-state index in [-0.39, 0.29) is 24.0 Å². The SMILES string of the molecule is CN=C(NCc1cc(N(C)C)nc2ccccc12)N1CCC2(CCOC2)C1.I. The molecule has 0 aliphatic carbocycles. The Bertz CT molecular complexity index is 848. The molecular weight excluding hydrogens is 465 g/mol. The van der Waals surface area contributed by atoms with Crippen LogP contribution >= 0.6 is 24.0 Å². The van der Waals surface area contributed by atoms with Crippen LogP contribution in [0.15, 0.2) is 35.3 Å². The van der Waals surface area contributed by atoms with Crippen LogP contribution in [0.3, 0.4) is 0 Å². The Kier molecular flexibility index (Phi) is 6.65. The third-order valence-electron chi connectivity index (χ3n) is 5.82. The third-order valence-corrected chi connectivity index (χ3v) is 5.82. The van der Waals surface area contributed by atoms with Gasteiger partial charge in [0.2, 0.25) is 0 Å². The number of ether oxygens (including phenoxy) is 1. The number of anilines is 1. The first-order valence-corrected chi connectivity index (χ1v) is 9.70. The van der Waals surface area contributed by atoms with Crippen molar-refractivity contribution in [1.29, 1.82) is 0 Å². The highest BCUT2D eigenvalue weighted by molar-refractivity contribution is 14.0. The molecule has 28 heavy (non-hydrogen) atoms. The highest BCUT2D eigenvalue weighted by atomic mass is 127. The second kappa shape index (κ2) is 8.82. The van der Waals surface area contributed by atoms with Gasteiger partial charge in [0.25, 0.3) is 0 Å². The summed E-state index contributed by atoms with van der Waals surface area (Å²) < 4.78 is 5.66. The number of aliphatic imine (C=N–C) groups is 1. The maximum atomic E-state index is 5.66. The van der Waals surface area contributed by atoms with Crippen molar-refractivity contribution >= 4 is 46.7 Å². The number of benzene rings is 1. The Labute approximate surface area is 184 Å². The number of hydrogen-bond acceptors (Lipinski definition) is 4. The van der Waals surface area contributed by atoms with Gasteiger partial charge in [-0.15, -0.1) is 24.0 Å². The lowest BCUT2D eigenvalue weighted by atomic mass is 9.87. The topological polar surface area (TPSA) is 53.0 Å². The summed E-state index contributed by atoms with van der Waals surface area (Å²) in [6.07, 6.45) is 2.36. The standard InChI is InChI=1S/C21H29N5O.HI/c1-22-20(26-10-8-21(14-26)9-11-27-15-21)23-13-16-12-19(25(2)3)24-18-7-5-4-6-17(16)18;/h4-7,12H,8-11,13-15H2,1-3H3,(H,22,23);1H. The largest absolute Gasteiger partial charge is 0.381 e. The van der Waals surface area contributed by atoms with Crippen LogP contribution in [-0.4, -0.2) is 63.3 Å². The summed E-state index contributed by atoms with van der Waals surface area (Å²) in [5.41, 5.74) is 2.60. The number of likely N-dealkylation sites (tertiary alicyclic amines) is 1. The Morgan fingerprint density at radius 1 is 1.32 bits per heavy atom. The zero-order valence-corrected chi connectivity index (χ0v) is 19.3. The summed E-state index contributed by atoms with van der Waals surface area (Å²) in [4.78, 5) is 13.7. The number of nitrogens with one attached hydrogen (secondary N) is 1. The average molecular weight is 495 g/mol. The molecule has 0 saturated carbocycles. The van der Waals surface area contributed by atoms with Gasteiger partial charge in [0, 0.05) is 58.2 Å². The molecule has 2 aliphatic rings. The van der Waals surface area contributed by atoms with Crippen molar-refractivity contribution in [2.24, 2.45) is 10.4 Å². The fraction of sp³-hybridized carbons (Fsp3) is 0.524. The van der Waals surface area contributed by atoms with E-state index in [1.54, 1.807) is 0 Å². The lowest BCUT2D eigenvalue weighted by Gasteiger charge is -2.25. The highest BCUT2D eigenvalue weighted by Gasteiger charge is 2.42. The normalized spacial score (nSPS) is 22.0. The first-order valence-electron chi connectivity index (χ1n) is 9.70. The zero-order chi connectivity index (χ0) is 18.9. The molecule has 1 N–H and O–H groups in total. The van der Waals surface area contributed by atoms with E-state index in [0.29, 0.717) is 5.41 Å². The molecule has 2 fully saturated rings. The van der Waals surface area contributed by atoms with E-state index < -0.39 is 0 Å². The van der Waals surface area contributed by atoms with Crippen molar-refractivity contribution in [3.8, 4) is 0 Å². The van der Waals surface area contributed by atoms with Gasteiger partial charge < -0.3 is 19.9 Å². The lowest BCUT2D eigenvalue weighted by Crippen LogP contribution is -2.41. The predicted octanol–water partition coefficient (Wildman–Crippen LogP) is 3.11. The van der Waals surface area contributed by atoms with Gasteiger partial charge >= 0.3 is 0 Å². The van der Waals surface area contributed by atoms with Gasteiger partial charge in [0.1, 0.15) is 5.82 Å². The summed E-state index contributed by atoms with van der Waals surface area (Å²) in [7, 11) is 5.93. The molecule has 2 aromatic rings. The predicted molar refractivity (Wildman–Crippen MR) is 126 cm³/mol. The first kappa shape index (κ1) is 21.1. The fourth-order valence-corrected chi connectivity index (χ4v) is 4.20. The molecule has 0 radical (unpaired) electrons. The molecule has 6 nitrogen and oxygen atoms in total. The van der Waals surface area contributed by atoms with Crippen LogP contribution in [-0.2, 0) is 11.3 Å². The molecule has 1 spiro atoms. The molecule has 2 saturated heterocycles. The summed E-state index contributed by atoms with van der Waals surface area (Å²) in [6.45, 7) is 4.60. The van der Waals surface area contributed by atoms with E-state index >= 15 is 0 Å². The number of fused-ring (bicyclic) bond motifs is 1. The fourth-order valence-electron chi connectivity index (χ4n) is 4.20. The van der Waals surface area contributed by atoms with Crippen LogP contribution in [0.1, 0.15) is 18.4 Å². The van der Waals surface area contributed by atoms with E-state index in [0.717, 1.165) is 50.1 Å². The Morgan fingerprint density at radius 3 is 2.86 bits per heavy atom. The van der Waals surface area contributed by atoms with Crippen molar-refractivity contribution in [3.05, 3.63) is 35.9 Å². The van der Waals surface area contributed by atoms with Gasteiger partial charge in [-0.2, -0.15) is 0 Å². The van der Waals surface area contributed by atoms with E-state index in [1.807, 2.05) is 27.2 Å². The smallest absolute Gasteiger partial charge is 0.193 e. The van der Waals surface area contributed by atoms with Gasteiger partial charge in [-0.25, -0.2) is 4.98 Å². The molecule has 1 aromatic heterocycles. The van der Waals surface area contributed by atoms with Crippen LogP contribution in [0.4, 0.5) is 5.82 Å². The van der Waals surface area contributed by atoms with Gasteiger partial charge in [0.15, 0.2) is 5.96 Å². The quantitative estimate of drug-likeness (QED) is 0.403. The van der Waals surface area contributed by atoms with Crippen molar-refractivity contribution in [1.82, 2.24) is 15.2 Å². The zero-order valence-electron chi connectivity index (χ0n) is 16.9. The second-order valence-electron chi connectivity index (χ2n) is 7.93. The van der Waals surface area contributed by atoms with E-state index in [9.17, 15) is 0 Å². The molecule has 2 aliphatic heterocycles. The number of pyridine rings is 1. The van der Waals surface area contributed by atoms with Crippen LogP contribution in [0.5, 0.6) is 0 Å². The first-order chi connectivity index (χ1) is 13.1. The number of hydrogen-bond donors (Lipinski definition) is 1. The molecule has 1 aromatic carbocycles. The number of guanidine groups is 1. The summed E-state index contributed by atoms with van der Waals surface area (Å²) in [5, 5.41) is 4.77. The molecule has 3 heterocycles. The van der Waals surface area contributed by atoms with Crippen LogP contribution < -0.4 is 10.2 Å². The Morgan fingerprint density at radius 2 is 2.14 bits per heavy atom. The van der Waals surface area contributed by atoms with Crippen molar-refractivity contribution < 1.29 is 4.74 Å². The van der Waals surface area contributed by atoms with E-state index in [4.69, 9.17) is 9.72 Å². The Hall–Kier alpha value is -1.61.